The average Bonchev–Trinajstić information content (AvgIpc) is 3.48. The summed E-state index contributed by atoms with van der Waals surface area (Å²) in [6.07, 6.45) is 1.48. The minimum absolute atomic E-state index is 0.219. The van der Waals surface area contributed by atoms with Gasteiger partial charge in [-0.15, -0.1) is 0 Å². The summed E-state index contributed by atoms with van der Waals surface area (Å²) >= 11 is 0. The lowest BCUT2D eigenvalue weighted by molar-refractivity contribution is 0.0525. The molecule has 3 heterocycles. The maximum absolute atomic E-state index is 12.9. The third-order valence-electron chi connectivity index (χ3n) is 5.50. The van der Waals surface area contributed by atoms with Crippen molar-refractivity contribution in [2.24, 2.45) is 0 Å². The molecule has 0 aliphatic carbocycles. The van der Waals surface area contributed by atoms with Crippen molar-refractivity contribution in [1.82, 2.24) is 29.5 Å². The number of rotatable bonds is 6. The molecule has 0 bridgehead atoms. The molecule has 0 radical (unpaired) electrons. The molecule has 5 rings (SSSR count). The molecule has 3 aromatic heterocycles. The summed E-state index contributed by atoms with van der Waals surface area (Å²) in [5.41, 5.74) is 5.37. The summed E-state index contributed by atoms with van der Waals surface area (Å²) in [7, 11) is 0. The summed E-state index contributed by atoms with van der Waals surface area (Å²) < 4.78 is 8.65. The van der Waals surface area contributed by atoms with Crippen LogP contribution in [0.15, 0.2) is 79.0 Å². The highest BCUT2D eigenvalue weighted by atomic mass is 16.5. The van der Waals surface area contributed by atoms with Gasteiger partial charge in [0, 0.05) is 23.0 Å². The van der Waals surface area contributed by atoms with Crippen LogP contribution in [0.2, 0.25) is 0 Å². The molecule has 5 aromatic rings. The molecule has 0 unspecified atom stereocenters. The van der Waals surface area contributed by atoms with Crippen LogP contribution in [0.4, 0.5) is 0 Å². The van der Waals surface area contributed by atoms with E-state index in [0.717, 1.165) is 33.9 Å². The molecule has 8 heteroatoms. The Labute approximate surface area is 202 Å². The number of hydrogen-bond donors (Lipinski definition) is 0. The predicted molar refractivity (Wildman–Crippen MR) is 133 cm³/mol. The van der Waals surface area contributed by atoms with Gasteiger partial charge in [-0.1, -0.05) is 60.7 Å². The average molecular weight is 465 g/mol. The zero-order valence-electron chi connectivity index (χ0n) is 19.7. The van der Waals surface area contributed by atoms with E-state index >= 15 is 0 Å². The quantitative estimate of drug-likeness (QED) is 0.330. The first-order chi connectivity index (χ1) is 17.0. The van der Waals surface area contributed by atoms with Crippen LogP contribution in [0.1, 0.15) is 28.7 Å². The number of benzene rings is 2. The highest BCUT2D eigenvalue weighted by molar-refractivity contribution is 5.93. The van der Waals surface area contributed by atoms with Crippen molar-refractivity contribution in [2.45, 2.75) is 20.8 Å². The molecule has 8 nitrogen and oxygen atoms in total. The summed E-state index contributed by atoms with van der Waals surface area (Å²) in [6, 6.07) is 23.7. The first-order valence-electron chi connectivity index (χ1n) is 11.3. The minimum Gasteiger partial charge on any atom is -0.462 e. The fourth-order valence-corrected chi connectivity index (χ4v) is 3.92. The van der Waals surface area contributed by atoms with Gasteiger partial charge in [0.15, 0.2) is 5.82 Å². The van der Waals surface area contributed by atoms with Crippen LogP contribution in [0, 0.1) is 13.8 Å². The van der Waals surface area contributed by atoms with E-state index < -0.39 is 5.97 Å². The van der Waals surface area contributed by atoms with Crippen LogP contribution in [0.5, 0.6) is 0 Å². The normalized spacial score (nSPS) is 10.9. The second-order valence-electron chi connectivity index (χ2n) is 8.03. The van der Waals surface area contributed by atoms with E-state index in [1.165, 1.54) is 6.20 Å². The molecular weight excluding hydrogens is 440 g/mol. The molecule has 0 atom stereocenters. The first-order valence-corrected chi connectivity index (χ1v) is 11.3. The van der Waals surface area contributed by atoms with Gasteiger partial charge in [-0.2, -0.15) is 15.2 Å². The van der Waals surface area contributed by atoms with Gasteiger partial charge in [-0.3, -0.25) is 0 Å². The van der Waals surface area contributed by atoms with Gasteiger partial charge in [-0.05, 0) is 32.9 Å². The molecule has 0 spiro atoms. The van der Waals surface area contributed by atoms with E-state index in [9.17, 15) is 4.79 Å². The largest absolute Gasteiger partial charge is 0.462 e. The van der Waals surface area contributed by atoms with Crippen molar-refractivity contribution in [3.05, 3.63) is 95.9 Å². The molecule has 174 valence electrons. The number of carbonyl (C=O) groups excluding carboxylic acids is 1. The van der Waals surface area contributed by atoms with Gasteiger partial charge in [0.1, 0.15) is 5.56 Å². The fraction of sp³-hybridized carbons (Fsp3) is 0.148. The van der Waals surface area contributed by atoms with Gasteiger partial charge < -0.3 is 4.74 Å². The maximum Gasteiger partial charge on any atom is 0.343 e. The summed E-state index contributed by atoms with van der Waals surface area (Å²) in [5, 5.41) is 9.39. The number of nitrogens with zero attached hydrogens (tertiary/aromatic N) is 6. The summed E-state index contributed by atoms with van der Waals surface area (Å²) in [5.74, 6) is 0.148. The van der Waals surface area contributed by atoms with Crippen molar-refractivity contribution < 1.29 is 9.53 Å². The zero-order chi connectivity index (χ0) is 24.4. The zero-order valence-corrected chi connectivity index (χ0v) is 19.7. The van der Waals surface area contributed by atoms with E-state index in [-0.39, 0.29) is 12.2 Å². The molecule has 0 N–H and O–H groups in total. The molecule has 0 aliphatic rings. The van der Waals surface area contributed by atoms with Crippen LogP contribution >= 0.6 is 0 Å². The maximum atomic E-state index is 12.9. The highest BCUT2D eigenvalue weighted by Crippen LogP contribution is 2.29. The second kappa shape index (κ2) is 9.34. The monoisotopic (exact) mass is 464 g/mol. The Kier molecular flexibility index (Phi) is 5.93. The summed E-state index contributed by atoms with van der Waals surface area (Å²) in [6.45, 7) is 5.83. The first kappa shape index (κ1) is 22.2. The lowest BCUT2D eigenvalue weighted by atomic mass is 10.1. The number of carbonyl (C=O) groups is 1. The number of esters is 1. The molecular formula is C27H24N6O2. The molecule has 0 saturated heterocycles. The van der Waals surface area contributed by atoms with Crippen molar-refractivity contribution in [1.29, 1.82) is 0 Å². The number of aryl methyl sites for hydroxylation is 2. The molecule has 0 saturated carbocycles. The fourth-order valence-electron chi connectivity index (χ4n) is 3.92. The van der Waals surface area contributed by atoms with Crippen molar-refractivity contribution in [3.63, 3.8) is 0 Å². The highest BCUT2D eigenvalue weighted by Gasteiger charge is 2.23. The van der Waals surface area contributed by atoms with Gasteiger partial charge >= 0.3 is 5.97 Å². The Balaban J connectivity index is 1.77. The third kappa shape index (κ3) is 4.33. The Hall–Kier alpha value is -4.59. The Morgan fingerprint density at radius 2 is 1.57 bits per heavy atom. The smallest absolute Gasteiger partial charge is 0.343 e. The van der Waals surface area contributed by atoms with E-state index in [2.05, 4.69) is 10.1 Å². The van der Waals surface area contributed by atoms with E-state index in [1.807, 2.05) is 86.6 Å². The van der Waals surface area contributed by atoms with Crippen LogP contribution < -0.4 is 0 Å². The van der Waals surface area contributed by atoms with Crippen molar-refractivity contribution in [3.8, 4) is 34.3 Å². The van der Waals surface area contributed by atoms with Crippen molar-refractivity contribution >= 4 is 5.97 Å². The van der Waals surface area contributed by atoms with Crippen LogP contribution in [0.3, 0.4) is 0 Å². The Morgan fingerprint density at radius 3 is 2.20 bits per heavy atom. The van der Waals surface area contributed by atoms with Crippen LogP contribution in [0.25, 0.3) is 34.3 Å². The van der Waals surface area contributed by atoms with Gasteiger partial charge in [0.05, 0.1) is 23.7 Å². The standard InChI is InChI=1S/C27H24N6O2/c1-4-35-26(34)22-17-28-27(32-19(3)15-18(2)30-32)29-25(22)33-24(21-13-9-6-10-14-21)16-23(31-33)20-11-7-5-8-12-20/h5-17H,4H2,1-3H3. The second-order valence-corrected chi connectivity index (χ2v) is 8.03. The Morgan fingerprint density at radius 1 is 0.886 bits per heavy atom. The SMILES string of the molecule is CCOC(=O)c1cnc(-n2nc(C)cc2C)nc1-n1nc(-c2ccccc2)cc1-c1ccccc1. The Bertz CT molecular complexity index is 1490. The third-order valence-corrected chi connectivity index (χ3v) is 5.50. The molecule has 0 amide bonds. The lowest BCUT2D eigenvalue weighted by Gasteiger charge is -2.13. The topological polar surface area (TPSA) is 87.7 Å². The number of ether oxygens (including phenoxy) is 1. The number of hydrogen-bond acceptors (Lipinski definition) is 6. The molecule has 35 heavy (non-hydrogen) atoms. The van der Waals surface area contributed by atoms with Crippen LogP contribution in [-0.2, 0) is 4.74 Å². The molecule has 0 aliphatic heterocycles. The van der Waals surface area contributed by atoms with Crippen LogP contribution in [-0.4, -0.2) is 42.1 Å². The van der Waals surface area contributed by atoms with Crippen molar-refractivity contribution in [2.75, 3.05) is 6.61 Å². The van der Waals surface area contributed by atoms with E-state index in [1.54, 1.807) is 16.3 Å². The minimum atomic E-state index is -0.516. The van der Waals surface area contributed by atoms with E-state index in [4.69, 9.17) is 14.8 Å². The predicted octanol–water partition coefficient (Wildman–Crippen LogP) is 4.98. The van der Waals surface area contributed by atoms with E-state index in [0.29, 0.717) is 11.8 Å². The van der Waals surface area contributed by atoms with Gasteiger partial charge in [-0.25, -0.2) is 19.1 Å². The number of aromatic nitrogens is 6. The lowest BCUT2D eigenvalue weighted by Crippen LogP contribution is -2.16. The molecule has 2 aromatic carbocycles. The van der Waals surface area contributed by atoms with Gasteiger partial charge in [0.2, 0.25) is 0 Å². The summed E-state index contributed by atoms with van der Waals surface area (Å²) in [4.78, 5) is 22.1. The van der Waals surface area contributed by atoms with Gasteiger partial charge in [0.25, 0.3) is 5.95 Å². The molecule has 0 fully saturated rings.